The molecule has 0 radical (unpaired) electrons. The van der Waals surface area contributed by atoms with Crippen molar-refractivity contribution in [2.45, 2.75) is 62.1 Å². The summed E-state index contributed by atoms with van der Waals surface area (Å²) >= 11 is 1.82. The summed E-state index contributed by atoms with van der Waals surface area (Å²) in [5.74, 6) is 0. The molecule has 1 aromatic rings. The molecule has 0 aliphatic carbocycles. The van der Waals surface area contributed by atoms with E-state index in [0.29, 0.717) is 12.1 Å². The zero-order chi connectivity index (χ0) is 14.2. The molecule has 3 heteroatoms. The van der Waals surface area contributed by atoms with Gasteiger partial charge in [0.25, 0.3) is 0 Å². The molecule has 20 heavy (non-hydrogen) atoms. The van der Waals surface area contributed by atoms with E-state index in [4.69, 9.17) is 0 Å². The Bertz CT molecular complexity index is 452. The van der Waals surface area contributed by atoms with Crippen LogP contribution in [0.4, 0.5) is 0 Å². The number of benzene rings is 1. The molecule has 2 heterocycles. The molecule has 2 nitrogen and oxygen atoms in total. The third-order valence-electron chi connectivity index (χ3n) is 5.25. The fraction of sp³-hybridized carbons (Fsp3) is 0.647. The predicted molar refractivity (Wildman–Crippen MR) is 85.8 cm³/mol. The third-order valence-corrected chi connectivity index (χ3v) is 6.60. The summed E-state index contributed by atoms with van der Waals surface area (Å²) in [6.07, 6.45) is 7.83. The summed E-state index contributed by atoms with van der Waals surface area (Å²) in [6.45, 7) is 2.22. The first kappa shape index (κ1) is 14.4. The minimum absolute atomic E-state index is 0.0269. The molecule has 2 saturated heterocycles. The van der Waals surface area contributed by atoms with Gasteiger partial charge in [-0.2, -0.15) is 11.8 Å². The number of fused-ring (bicyclic) bond motifs is 1. The van der Waals surface area contributed by atoms with Gasteiger partial charge in [0, 0.05) is 12.1 Å². The molecule has 4 atom stereocenters. The Morgan fingerprint density at radius 2 is 1.95 bits per heavy atom. The first-order valence-corrected chi connectivity index (χ1v) is 8.94. The number of aliphatic hydroxyl groups is 1. The van der Waals surface area contributed by atoms with Crippen LogP contribution in [0, 0.1) is 0 Å². The maximum Gasteiger partial charge on any atom is 0.122 e. The Balaban J connectivity index is 1.91. The van der Waals surface area contributed by atoms with Gasteiger partial charge in [0.2, 0.25) is 0 Å². The van der Waals surface area contributed by atoms with Gasteiger partial charge in [0.1, 0.15) is 6.23 Å². The summed E-state index contributed by atoms with van der Waals surface area (Å²) in [5.41, 5.74) is 1.36. The van der Waals surface area contributed by atoms with Gasteiger partial charge in [-0.3, -0.25) is 4.90 Å². The molecular formula is C17H25NOS. The molecule has 0 saturated carbocycles. The quantitative estimate of drug-likeness (QED) is 0.896. The molecule has 0 spiro atoms. The van der Waals surface area contributed by atoms with Crippen LogP contribution in [-0.4, -0.2) is 33.3 Å². The summed E-state index contributed by atoms with van der Waals surface area (Å²) in [4.78, 5) is 2.42. The van der Waals surface area contributed by atoms with Crippen molar-refractivity contribution < 1.29 is 5.11 Å². The summed E-state index contributed by atoms with van der Waals surface area (Å²) in [5, 5.41) is 11.0. The maximum atomic E-state index is 11.0. The average Bonchev–Trinajstić information content (AvgIpc) is 2.51. The van der Waals surface area contributed by atoms with E-state index >= 15 is 0 Å². The Hall–Kier alpha value is -0.510. The lowest BCUT2D eigenvalue weighted by atomic mass is 9.81. The van der Waals surface area contributed by atoms with E-state index in [-0.39, 0.29) is 11.0 Å². The normalized spacial score (nSPS) is 38.5. The molecular weight excluding hydrogens is 266 g/mol. The minimum Gasteiger partial charge on any atom is -0.377 e. The second-order valence-corrected chi connectivity index (χ2v) is 7.73. The van der Waals surface area contributed by atoms with Gasteiger partial charge in [0.05, 0.1) is 4.75 Å². The Kier molecular flexibility index (Phi) is 4.11. The fourth-order valence-corrected chi connectivity index (χ4v) is 4.54. The summed E-state index contributed by atoms with van der Waals surface area (Å²) in [6, 6.07) is 11.7. The van der Waals surface area contributed by atoms with Crippen LogP contribution in [-0.2, 0) is 0 Å². The molecule has 0 amide bonds. The van der Waals surface area contributed by atoms with Crippen LogP contribution in [0.5, 0.6) is 0 Å². The molecule has 0 unspecified atom stereocenters. The highest BCUT2D eigenvalue weighted by atomic mass is 32.2. The number of hydrogen-bond acceptors (Lipinski definition) is 3. The summed E-state index contributed by atoms with van der Waals surface area (Å²) in [7, 11) is 0. The molecule has 3 rings (SSSR count). The zero-order valence-corrected chi connectivity index (χ0v) is 13.3. The monoisotopic (exact) mass is 291 g/mol. The van der Waals surface area contributed by atoms with Crippen molar-refractivity contribution in [2.75, 3.05) is 6.26 Å². The predicted octanol–water partition coefficient (Wildman–Crippen LogP) is 3.82. The number of hydrogen-bond donors (Lipinski definition) is 1. The summed E-state index contributed by atoms with van der Waals surface area (Å²) < 4.78 is -0.0269. The number of rotatable bonds is 2. The second kappa shape index (κ2) is 5.70. The largest absolute Gasteiger partial charge is 0.377 e. The van der Waals surface area contributed by atoms with E-state index in [1.807, 2.05) is 11.8 Å². The van der Waals surface area contributed by atoms with E-state index in [9.17, 15) is 5.11 Å². The number of piperidine rings is 2. The molecule has 1 N–H and O–H groups in total. The highest BCUT2D eigenvalue weighted by molar-refractivity contribution is 8.00. The fourth-order valence-electron chi connectivity index (χ4n) is 3.88. The van der Waals surface area contributed by atoms with E-state index in [0.717, 1.165) is 6.42 Å². The van der Waals surface area contributed by atoms with Crippen molar-refractivity contribution >= 4 is 11.8 Å². The first-order chi connectivity index (χ1) is 9.65. The van der Waals surface area contributed by atoms with E-state index in [1.165, 1.54) is 31.2 Å². The Morgan fingerprint density at radius 1 is 1.20 bits per heavy atom. The molecule has 0 aromatic heterocycles. The van der Waals surface area contributed by atoms with Crippen LogP contribution in [0.3, 0.4) is 0 Å². The third kappa shape index (κ3) is 2.40. The zero-order valence-electron chi connectivity index (χ0n) is 12.5. The van der Waals surface area contributed by atoms with E-state index in [1.54, 1.807) is 0 Å². The van der Waals surface area contributed by atoms with Crippen LogP contribution in [0.1, 0.15) is 50.6 Å². The topological polar surface area (TPSA) is 23.5 Å². The highest BCUT2D eigenvalue weighted by Crippen LogP contribution is 2.47. The van der Waals surface area contributed by atoms with Crippen molar-refractivity contribution in [1.29, 1.82) is 0 Å². The van der Waals surface area contributed by atoms with Gasteiger partial charge in [-0.15, -0.1) is 0 Å². The lowest BCUT2D eigenvalue weighted by Crippen LogP contribution is -2.59. The van der Waals surface area contributed by atoms with Gasteiger partial charge >= 0.3 is 0 Å². The number of thioether (sulfide) groups is 1. The van der Waals surface area contributed by atoms with Crippen LogP contribution in [0.2, 0.25) is 0 Å². The highest BCUT2D eigenvalue weighted by Gasteiger charge is 2.47. The smallest absolute Gasteiger partial charge is 0.122 e. The molecule has 0 bridgehead atoms. The van der Waals surface area contributed by atoms with Crippen molar-refractivity contribution in [2.24, 2.45) is 0 Å². The lowest BCUT2D eigenvalue weighted by molar-refractivity contribution is -0.117. The molecule has 2 fully saturated rings. The average molecular weight is 291 g/mol. The first-order valence-electron chi connectivity index (χ1n) is 7.71. The SMILES string of the molecule is CS[C@]1(C)CC[C@@H]2CCC[C@H](c3ccccc3)N2[C@H]1O. The van der Waals surface area contributed by atoms with Crippen molar-refractivity contribution in [3.63, 3.8) is 0 Å². The molecule has 2 aliphatic rings. The van der Waals surface area contributed by atoms with Crippen molar-refractivity contribution in [3.8, 4) is 0 Å². The number of aliphatic hydroxyl groups excluding tert-OH is 1. The maximum absolute atomic E-state index is 11.0. The van der Waals surface area contributed by atoms with Crippen molar-refractivity contribution in [1.82, 2.24) is 4.90 Å². The molecule has 2 aliphatic heterocycles. The van der Waals surface area contributed by atoms with Crippen LogP contribution in [0.15, 0.2) is 30.3 Å². The molecule has 1 aromatic carbocycles. The van der Waals surface area contributed by atoms with Gasteiger partial charge in [-0.25, -0.2) is 0 Å². The van der Waals surface area contributed by atoms with Gasteiger partial charge < -0.3 is 5.11 Å². The van der Waals surface area contributed by atoms with E-state index < -0.39 is 0 Å². The second-order valence-electron chi connectivity index (χ2n) is 6.39. The van der Waals surface area contributed by atoms with E-state index in [2.05, 4.69) is 48.4 Å². The Labute approximate surface area is 126 Å². The Morgan fingerprint density at radius 3 is 2.65 bits per heavy atom. The van der Waals surface area contributed by atoms with Crippen LogP contribution < -0.4 is 0 Å². The van der Waals surface area contributed by atoms with Gasteiger partial charge in [-0.1, -0.05) is 30.3 Å². The molecule has 110 valence electrons. The van der Waals surface area contributed by atoms with Gasteiger partial charge in [0.15, 0.2) is 0 Å². The standard InChI is InChI=1S/C17H25NOS/c1-17(20-2)12-11-14-9-6-10-15(18(14)16(17)19)13-7-4-3-5-8-13/h3-5,7-8,14-16,19H,6,9-12H2,1-2H3/t14-,15+,16-,17+/m0/s1. The lowest BCUT2D eigenvalue weighted by Gasteiger charge is -2.54. The minimum atomic E-state index is -0.332. The van der Waals surface area contributed by atoms with Crippen LogP contribution >= 0.6 is 11.8 Å². The van der Waals surface area contributed by atoms with Crippen LogP contribution in [0.25, 0.3) is 0 Å². The van der Waals surface area contributed by atoms with Crippen molar-refractivity contribution in [3.05, 3.63) is 35.9 Å². The number of nitrogens with zero attached hydrogens (tertiary/aromatic N) is 1. The van der Waals surface area contributed by atoms with Gasteiger partial charge in [-0.05, 0) is 50.8 Å².